The number of halogens is 1. The summed E-state index contributed by atoms with van der Waals surface area (Å²) in [7, 11) is 1.30. The van der Waals surface area contributed by atoms with Gasteiger partial charge in [0.2, 0.25) is 5.91 Å². The predicted octanol–water partition coefficient (Wildman–Crippen LogP) is 5.92. The molecule has 33 heavy (non-hydrogen) atoms. The van der Waals surface area contributed by atoms with Crippen LogP contribution in [0.5, 0.6) is 0 Å². The zero-order valence-electron chi connectivity index (χ0n) is 18.0. The van der Waals surface area contributed by atoms with E-state index in [1.54, 1.807) is 36.3 Å². The lowest BCUT2D eigenvalue weighted by Gasteiger charge is -2.18. The first-order chi connectivity index (χ1) is 16.0. The number of thioether (sulfide) groups is 1. The van der Waals surface area contributed by atoms with Crippen LogP contribution in [0.4, 0.5) is 16.2 Å². The van der Waals surface area contributed by atoms with Crippen LogP contribution in [0.1, 0.15) is 35.8 Å². The molecule has 2 aromatic heterocycles. The van der Waals surface area contributed by atoms with Gasteiger partial charge in [0.25, 0.3) is 0 Å². The van der Waals surface area contributed by atoms with Crippen molar-refractivity contribution >= 4 is 46.7 Å². The minimum atomic E-state index is -0.582. The van der Waals surface area contributed by atoms with Gasteiger partial charge >= 0.3 is 6.09 Å². The van der Waals surface area contributed by atoms with Crippen LogP contribution < -0.4 is 10.6 Å². The number of amides is 2. The first kappa shape index (κ1) is 23.1. The topological polar surface area (TPSA) is 93.2 Å². The van der Waals surface area contributed by atoms with E-state index in [4.69, 9.17) is 11.6 Å². The zero-order valence-corrected chi connectivity index (χ0v) is 19.6. The minimum Gasteiger partial charge on any atom is -0.453 e. The van der Waals surface area contributed by atoms with Gasteiger partial charge in [0.15, 0.2) is 0 Å². The highest BCUT2D eigenvalue weighted by Gasteiger charge is 2.20. The van der Waals surface area contributed by atoms with Crippen molar-refractivity contribution in [3.63, 3.8) is 0 Å². The van der Waals surface area contributed by atoms with Gasteiger partial charge in [0, 0.05) is 30.1 Å². The Morgan fingerprint density at radius 3 is 2.85 bits per heavy atom. The molecule has 2 amide bonds. The fourth-order valence-corrected chi connectivity index (χ4v) is 4.94. The number of methoxy groups -OCH3 is 1. The summed E-state index contributed by atoms with van der Waals surface area (Å²) in [6, 6.07) is 13.1. The van der Waals surface area contributed by atoms with Gasteiger partial charge in [-0.3, -0.25) is 20.1 Å². The van der Waals surface area contributed by atoms with Gasteiger partial charge in [-0.15, -0.1) is 11.8 Å². The molecule has 9 heteroatoms. The van der Waals surface area contributed by atoms with Crippen LogP contribution in [0.3, 0.4) is 0 Å². The van der Waals surface area contributed by atoms with Crippen molar-refractivity contribution < 1.29 is 14.3 Å². The number of fused-ring (bicyclic) bond motifs is 4. The monoisotopic (exact) mass is 482 g/mol. The summed E-state index contributed by atoms with van der Waals surface area (Å²) in [6.45, 7) is 0. The molecule has 7 nitrogen and oxygen atoms in total. The number of aromatic nitrogens is 2. The molecule has 170 valence electrons. The van der Waals surface area contributed by atoms with Gasteiger partial charge in [-0.1, -0.05) is 11.6 Å². The van der Waals surface area contributed by atoms with E-state index in [0.29, 0.717) is 28.5 Å². The van der Waals surface area contributed by atoms with E-state index in [2.05, 4.69) is 25.3 Å². The maximum Gasteiger partial charge on any atom is 0.411 e. The van der Waals surface area contributed by atoms with E-state index in [-0.39, 0.29) is 11.2 Å². The molecule has 0 spiro atoms. The smallest absolute Gasteiger partial charge is 0.411 e. The Morgan fingerprint density at radius 1 is 1.18 bits per heavy atom. The van der Waals surface area contributed by atoms with Crippen LogP contribution in [0.2, 0.25) is 5.02 Å². The second kappa shape index (κ2) is 10.7. The number of ether oxygens (including phenoxy) is 1. The van der Waals surface area contributed by atoms with Gasteiger partial charge in [-0.2, -0.15) is 0 Å². The molecule has 1 atom stereocenters. The summed E-state index contributed by atoms with van der Waals surface area (Å²) in [5.41, 5.74) is 4.54. The Hall–Kier alpha value is -3.10. The quantitative estimate of drug-likeness (QED) is 0.471. The van der Waals surface area contributed by atoms with Crippen LogP contribution in [-0.2, 0) is 9.53 Å². The Morgan fingerprint density at radius 2 is 2.06 bits per heavy atom. The first-order valence-electron chi connectivity index (χ1n) is 10.5. The molecular formula is C24H23ClN4O3S. The lowest BCUT2D eigenvalue weighted by Crippen LogP contribution is -2.14. The van der Waals surface area contributed by atoms with Gasteiger partial charge < -0.3 is 10.1 Å². The molecule has 2 bridgehead atoms. The lowest BCUT2D eigenvalue weighted by molar-refractivity contribution is -0.116. The highest BCUT2D eigenvalue weighted by atomic mass is 35.5. The summed E-state index contributed by atoms with van der Waals surface area (Å²) in [6.07, 6.45) is 4.92. The summed E-state index contributed by atoms with van der Waals surface area (Å²) in [4.78, 5) is 33.4. The summed E-state index contributed by atoms with van der Waals surface area (Å²) < 4.78 is 4.68. The molecule has 1 aliphatic rings. The predicted molar refractivity (Wildman–Crippen MR) is 132 cm³/mol. The van der Waals surface area contributed by atoms with Crippen molar-refractivity contribution in [2.45, 2.75) is 24.5 Å². The van der Waals surface area contributed by atoms with E-state index in [0.717, 1.165) is 35.4 Å². The number of benzene rings is 1. The molecule has 3 aromatic rings. The number of nitrogens with one attached hydrogen (secondary N) is 2. The van der Waals surface area contributed by atoms with Gasteiger partial charge in [-0.25, -0.2) is 4.79 Å². The van der Waals surface area contributed by atoms with E-state index in [1.807, 2.05) is 30.3 Å². The number of carbonyl (C=O) groups excluding carboxylic acids is 2. The maximum atomic E-state index is 12.6. The molecular weight excluding hydrogens is 460 g/mol. The number of anilines is 2. The van der Waals surface area contributed by atoms with Crippen LogP contribution in [0.15, 0.2) is 54.9 Å². The largest absolute Gasteiger partial charge is 0.453 e. The molecule has 2 N–H and O–H groups in total. The number of hydrogen-bond acceptors (Lipinski definition) is 6. The number of hydrogen-bond donors (Lipinski definition) is 2. The van der Waals surface area contributed by atoms with Crippen molar-refractivity contribution in [2.24, 2.45) is 0 Å². The number of carbonyl (C=O) groups is 2. The van der Waals surface area contributed by atoms with Gasteiger partial charge in [0.05, 0.1) is 34.5 Å². The first-order valence-corrected chi connectivity index (χ1v) is 11.9. The van der Waals surface area contributed by atoms with Gasteiger partial charge in [0.1, 0.15) is 0 Å². The van der Waals surface area contributed by atoms with Crippen molar-refractivity contribution in [3.8, 4) is 11.3 Å². The van der Waals surface area contributed by atoms with E-state index < -0.39 is 6.09 Å². The molecule has 0 saturated carbocycles. The standard InChI is InChI=1S/C24H23ClN4O3S/c1-32-24(31)28-17-6-7-18-20-12-15(9-10-26-20)23(19-8-5-16(25)14-27-19)33-11-3-2-4-22(30)29-21(18)13-17/h5-10,12-14,23H,2-4,11H2,1H3,(H,28,31)(H,29,30). The van der Waals surface area contributed by atoms with Crippen LogP contribution in [-0.4, -0.2) is 34.8 Å². The van der Waals surface area contributed by atoms with Gasteiger partial charge in [-0.05, 0) is 66.6 Å². The summed E-state index contributed by atoms with van der Waals surface area (Å²) >= 11 is 7.84. The molecule has 0 saturated heterocycles. The van der Waals surface area contributed by atoms with Crippen molar-refractivity contribution in [3.05, 3.63) is 71.1 Å². The minimum absolute atomic E-state index is 0.0112. The number of pyridine rings is 2. The molecule has 0 fully saturated rings. The lowest BCUT2D eigenvalue weighted by atomic mass is 10.0. The second-order valence-corrected chi connectivity index (χ2v) is 9.16. The molecule has 1 aliphatic heterocycles. The van der Waals surface area contributed by atoms with E-state index in [1.165, 1.54) is 7.11 Å². The van der Waals surface area contributed by atoms with Crippen molar-refractivity contribution in [1.29, 1.82) is 0 Å². The fourth-order valence-electron chi connectivity index (χ4n) is 3.57. The highest BCUT2D eigenvalue weighted by molar-refractivity contribution is 7.99. The van der Waals surface area contributed by atoms with Crippen molar-refractivity contribution in [1.82, 2.24) is 9.97 Å². The van der Waals surface area contributed by atoms with E-state index >= 15 is 0 Å². The fraction of sp³-hybridized carbons (Fsp3) is 0.250. The Bertz CT molecular complexity index is 1160. The highest BCUT2D eigenvalue weighted by Crippen LogP contribution is 2.38. The van der Waals surface area contributed by atoms with Crippen molar-refractivity contribution in [2.75, 3.05) is 23.5 Å². The summed E-state index contributed by atoms with van der Waals surface area (Å²) in [5, 5.41) is 6.23. The third kappa shape index (κ3) is 5.83. The van der Waals surface area contributed by atoms with Crippen LogP contribution in [0, 0.1) is 0 Å². The van der Waals surface area contributed by atoms with Crippen LogP contribution in [0.25, 0.3) is 11.3 Å². The molecule has 0 aliphatic carbocycles. The average molecular weight is 483 g/mol. The average Bonchev–Trinajstić information content (AvgIpc) is 2.82. The molecule has 1 unspecified atom stereocenters. The third-order valence-electron chi connectivity index (χ3n) is 5.19. The van der Waals surface area contributed by atoms with Crippen LogP contribution >= 0.6 is 23.4 Å². The Balaban J connectivity index is 1.77. The third-order valence-corrected chi connectivity index (χ3v) is 6.78. The van der Waals surface area contributed by atoms with E-state index in [9.17, 15) is 9.59 Å². The summed E-state index contributed by atoms with van der Waals surface area (Å²) in [5.74, 6) is 0.808. The molecule has 1 aromatic carbocycles. The SMILES string of the molecule is COC(=O)Nc1ccc2c(c1)NC(=O)CCCCSC(c1ccc(Cl)cn1)c1ccnc-2c1. The Kier molecular flexibility index (Phi) is 7.47. The molecule has 4 rings (SSSR count). The maximum absolute atomic E-state index is 12.6. The normalized spacial score (nSPS) is 16.3. The second-order valence-electron chi connectivity index (χ2n) is 7.51. The molecule has 0 radical (unpaired) electrons. The zero-order chi connectivity index (χ0) is 23.2. The molecule has 3 heterocycles. The Labute approximate surface area is 201 Å². The number of nitrogens with zero attached hydrogens (tertiary/aromatic N) is 2. The number of rotatable bonds is 2.